The standard InChI is InChI=1S/C29H52/c1-19(2)20(3)9-8-10-23-11-14-26-25-13-12-24-21(4)15-17-28(6,22(24)5)27(25)16-18-29(23,26)7/h19-27H,8-18H2,1-7H3. The van der Waals surface area contributed by atoms with Gasteiger partial charge in [-0.1, -0.05) is 61.3 Å². The fraction of sp³-hybridized carbons (Fsp3) is 1.00. The van der Waals surface area contributed by atoms with Gasteiger partial charge in [0, 0.05) is 0 Å². The van der Waals surface area contributed by atoms with Crippen molar-refractivity contribution in [1.82, 2.24) is 0 Å². The summed E-state index contributed by atoms with van der Waals surface area (Å²) >= 11 is 0. The Labute approximate surface area is 183 Å². The topological polar surface area (TPSA) is 0 Å². The van der Waals surface area contributed by atoms with Crippen LogP contribution in [0.1, 0.15) is 119 Å². The third-order valence-corrected chi connectivity index (χ3v) is 12.2. The van der Waals surface area contributed by atoms with E-state index in [1.807, 2.05) is 0 Å². The number of hydrogen-bond acceptors (Lipinski definition) is 0. The van der Waals surface area contributed by atoms with Crippen molar-refractivity contribution in [1.29, 1.82) is 0 Å². The van der Waals surface area contributed by atoms with Crippen LogP contribution in [-0.2, 0) is 0 Å². The largest absolute Gasteiger partial charge is 0.0625 e. The van der Waals surface area contributed by atoms with Crippen LogP contribution in [0.3, 0.4) is 0 Å². The smallest absolute Gasteiger partial charge is 0.0266 e. The third kappa shape index (κ3) is 3.65. The van der Waals surface area contributed by atoms with Gasteiger partial charge in [0.2, 0.25) is 0 Å². The van der Waals surface area contributed by atoms with Gasteiger partial charge in [0.25, 0.3) is 0 Å². The predicted octanol–water partition coefficient (Wildman–Crippen LogP) is 8.99. The van der Waals surface area contributed by atoms with Gasteiger partial charge in [-0.25, -0.2) is 0 Å². The van der Waals surface area contributed by atoms with Crippen molar-refractivity contribution in [2.45, 2.75) is 119 Å². The number of rotatable bonds is 5. The maximum atomic E-state index is 2.75. The first kappa shape index (κ1) is 22.2. The lowest BCUT2D eigenvalue weighted by molar-refractivity contribution is -0.0755. The summed E-state index contributed by atoms with van der Waals surface area (Å²) in [6.07, 6.45) is 16.8. The Hall–Kier alpha value is 0. The molecular weight excluding hydrogens is 348 g/mol. The highest BCUT2D eigenvalue weighted by molar-refractivity contribution is 5.08. The zero-order valence-corrected chi connectivity index (χ0v) is 21.0. The average Bonchev–Trinajstić information content (AvgIpc) is 2.98. The highest BCUT2D eigenvalue weighted by Gasteiger charge is 2.59. The molecule has 4 aliphatic carbocycles. The van der Waals surface area contributed by atoms with Crippen LogP contribution < -0.4 is 0 Å². The molecule has 10 unspecified atom stereocenters. The molecule has 10 atom stereocenters. The second-order valence-corrected chi connectivity index (χ2v) is 13.4. The molecule has 0 amide bonds. The van der Waals surface area contributed by atoms with E-state index >= 15 is 0 Å². The van der Waals surface area contributed by atoms with E-state index in [0.717, 1.165) is 53.3 Å². The predicted molar refractivity (Wildman–Crippen MR) is 127 cm³/mol. The molecule has 0 spiro atoms. The maximum absolute atomic E-state index is 2.75. The van der Waals surface area contributed by atoms with Gasteiger partial charge in [-0.2, -0.15) is 0 Å². The second-order valence-electron chi connectivity index (χ2n) is 13.4. The van der Waals surface area contributed by atoms with Crippen LogP contribution >= 0.6 is 0 Å². The Morgan fingerprint density at radius 2 is 1.41 bits per heavy atom. The SMILES string of the molecule is CC(C)C(C)CCCC1CCC2C3CCC4C(C)CCC(C)(C4C)C3CCC12C. The monoisotopic (exact) mass is 400 g/mol. The Morgan fingerprint density at radius 1 is 0.759 bits per heavy atom. The molecule has 2 bridgehead atoms. The third-order valence-electron chi connectivity index (χ3n) is 12.2. The van der Waals surface area contributed by atoms with E-state index in [4.69, 9.17) is 0 Å². The molecule has 0 heterocycles. The lowest BCUT2D eigenvalue weighted by Crippen LogP contribution is -2.49. The van der Waals surface area contributed by atoms with E-state index in [9.17, 15) is 0 Å². The zero-order chi connectivity index (χ0) is 21.0. The Balaban J connectivity index is 1.48. The van der Waals surface area contributed by atoms with Crippen molar-refractivity contribution >= 4 is 0 Å². The summed E-state index contributed by atoms with van der Waals surface area (Å²) in [7, 11) is 0. The molecule has 29 heavy (non-hydrogen) atoms. The van der Waals surface area contributed by atoms with Crippen LogP contribution in [0.5, 0.6) is 0 Å². The molecule has 0 aromatic carbocycles. The van der Waals surface area contributed by atoms with Gasteiger partial charge in [0.15, 0.2) is 0 Å². The first-order valence-corrected chi connectivity index (χ1v) is 13.7. The molecule has 0 saturated heterocycles. The van der Waals surface area contributed by atoms with Crippen LogP contribution in [0.15, 0.2) is 0 Å². The first-order chi connectivity index (χ1) is 13.7. The highest BCUT2D eigenvalue weighted by Crippen LogP contribution is 2.68. The van der Waals surface area contributed by atoms with Crippen molar-refractivity contribution in [3.63, 3.8) is 0 Å². The van der Waals surface area contributed by atoms with Crippen LogP contribution in [0.2, 0.25) is 0 Å². The lowest BCUT2D eigenvalue weighted by Gasteiger charge is -2.56. The van der Waals surface area contributed by atoms with E-state index < -0.39 is 0 Å². The van der Waals surface area contributed by atoms with Gasteiger partial charge in [0.05, 0.1) is 0 Å². The van der Waals surface area contributed by atoms with Gasteiger partial charge in [-0.05, 0) is 122 Å². The molecule has 0 N–H and O–H groups in total. The Bertz CT molecular complexity index is 562. The zero-order valence-electron chi connectivity index (χ0n) is 21.0. The summed E-state index contributed by atoms with van der Waals surface area (Å²) in [4.78, 5) is 0. The molecular formula is C29H52. The number of fused-ring (bicyclic) bond motifs is 6. The molecule has 0 aliphatic heterocycles. The van der Waals surface area contributed by atoms with E-state index in [-0.39, 0.29) is 0 Å². The molecule has 4 aliphatic rings. The molecule has 4 fully saturated rings. The number of hydrogen-bond donors (Lipinski definition) is 0. The van der Waals surface area contributed by atoms with Gasteiger partial charge < -0.3 is 0 Å². The van der Waals surface area contributed by atoms with E-state index in [2.05, 4.69) is 48.5 Å². The Kier molecular flexibility index (Phi) is 6.25. The molecule has 0 heteroatoms. The molecule has 0 radical (unpaired) electrons. The van der Waals surface area contributed by atoms with Crippen molar-refractivity contribution in [3.05, 3.63) is 0 Å². The van der Waals surface area contributed by atoms with Gasteiger partial charge in [-0.3, -0.25) is 0 Å². The van der Waals surface area contributed by atoms with Gasteiger partial charge in [-0.15, -0.1) is 0 Å². The van der Waals surface area contributed by atoms with Gasteiger partial charge in [0.1, 0.15) is 0 Å². The van der Waals surface area contributed by atoms with Crippen LogP contribution in [0.25, 0.3) is 0 Å². The first-order valence-electron chi connectivity index (χ1n) is 13.7. The van der Waals surface area contributed by atoms with Crippen molar-refractivity contribution in [2.75, 3.05) is 0 Å². The molecule has 0 aromatic heterocycles. The fourth-order valence-corrected chi connectivity index (χ4v) is 9.52. The molecule has 168 valence electrons. The van der Waals surface area contributed by atoms with E-state index in [0.29, 0.717) is 10.8 Å². The minimum Gasteiger partial charge on any atom is -0.0625 e. The highest BCUT2D eigenvalue weighted by atomic mass is 14.6. The maximum Gasteiger partial charge on any atom is -0.0266 e. The van der Waals surface area contributed by atoms with Crippen LogP contribution in [-0.4, -0.2) is 0 Å². The minimum atomic E-state index is 0.643. The van der Waals surface area contributed by atoms with Crippen LogP contribution in [0.4, 0.5) is 0 Å². The molecule has 4 rings (SSSR count). The normalized spacial score (nSPS) is 50.7. The minimum absolute atomic E-state index is 0.643. The lowest BCUT2D eigenvalue weighted by atomic mass is 9.48. The van der Waals surface area contributed by atoms with E-state index in [1.165, 1.54) is 32.1 Å². The summed E-state index contributed by atoms with van der Waals surface area (Å²) in [6.45, 7) is 18.0. The molecule has 0 nitrogen and oxygen atoms in total. The quantitative estimate of drug-likeness (QED) is 0.432. The summed E-state index contributed by atoms with van der Waals surface area (Å²) in [5, 5.41) is 0. The summed E-state index contributed by atoms with van der Waals surface area (Å²) in [6, 6.07) is 0. The van der Waals surface area contributed by atoms with Crippen molar-refractivity contribution < 1.29 is 0 Å². The van der Waals surface area contributed by atoms with E-state index in [1.54, 1.807) is 38.5 Å². The van der Waals surface area contributed by atoms with Crippen molar-refractivity contribution in [2.24, 2.45) is 64.1 Å². The summed E-state index contributed by atoms with van der Waals surface area (Å²) < 4.78 is 0. The summed E-state index contributed by atoms with van der Waals surface area (Å²) in [5.74, 6) is 8.87. The summed E-state index contributed by atoms with van der Waals surface area (Å²) in [5.41, 5.74) is 1.32. The fourth-order valence-electron chi connectivity index (χ4n) is 9.52. The average molecular weight is 401 g/mol. The molecule has 4 saturated carbocycles. The van der Waals surface area contributed by atoms with Crippen LogP contribution in [0, 0.1) is 64.1 Å². The molecule has 0 aromatic rings. The second kappa shape index (κ2) is 8.16. The Morgan fingerprint density at radius 3 is 2.14 bits per heavy atom. The van der Waals surface area contributed by atoms with Gasteiger partial charge >= 0.3 is 0 Å². The van der Waals surface area contributed by atoms with Crippen molar-refractivity contribution in [3.8, 4) is 0 Å².